The molecule has 1 N–H and O–H groups in total. The normalized spacial score (nSPS) is 18.7. The van der Waals surface area contributed by atoms with Gasteiger partial charge in [-0.3, -0.25) is 9.82 Å². The molecule has 0 saturated carbocycles. The summed E-state index contributed by atoms with van der Waals surface area (Å²) < 4.78 is 11.6. The average Bonchev–Trinajstić information content (AvgIpc) is 3.06. The standard InChI is InChI=1S/C21H18N2O3/c1-21(14-20(23-26-21)25-19-8-5-13-22-15-19)16-9-11-18(12-10-16)24-17-6-3-2-4-7-17/h2-15,23H,1H3/t21-/m0/s1. The third-order valence-corrected chi connectivity index (χ3v) is 4.04. The fourth-order valence-electron chi connectivity index (χ4n) is 2.67. The summed E-state index contributed by atoms with van der Waals surface area (Å²) in [4.78, 5) is 9.77. The van der Waals surface area contributed by atoms with Crippen molar-refractivity contribution in [1.29, 1.82) is 0 Å². The number of hydrogen-bond donors (Lipinski definition) is 1. The van der Waals surface area contributed by atoms with Crippen LogP contribution in [0.5, 0.6) is 17.2 Å². The molecule has 1 aliphatic rings. The second-order valence-corrected chi connectivity index (χ2v) is 6.05. The van der Waals surface area contributed by atoms with Crippen LogP contribution in [0.25, 0.3) is 0 Å². The van der Waals surface area contributed by atoms with E-state index in [4.69, 9.17) is 14.3 Å². The molecule has 0 fully saturated rings. The quantitative estimate of drug-likeness (QED) is 0.735. The highest BCUT2D eigenvalue weighted by Gasteiger charge is 2.33. The van der Waals surface area contributed by atoms with Crippen LogP contribution in [0.2, 0.25) is 0 Å². The molecule has 1 aliphatic heterocycles. The molecule has 2 aromatic carbocycles. The van der Waals surface area contributed by atoms with Crippen LogP contribution in [0.15, 0.2) is 91.1 Å². The van der Waals surface area contributed by atoms with E-state index in [2.05, 4.69) is 10.5 Å². The second kappa shape index (κ2) is 6.90. The van der Waals surface area contributed by atoms with Gasteiger partial charge in [0.2, 0.25) is 5.88 Å². The number of nitrogens with one attached hydrogen (secondary N) is 1. The predicted molar refractivity (Wildman–Crippen MR) is 97.5 cm³/mol. The lowest BCUT2D eigenvalue weighted by molar-refractivity contribution is -0.0401. The maximum Gasteiger partial charge on any atom is 0.216 e. The van der Waals surface area contributed by atoms with Gasteiger partial charge in [0.1, 0.15) is 22.8 Å². The summed E-state index contributed by atoms with van der Waals surface area (Å²) in [6.45, 7) is 1.96. The van der Waals surface area contributed by atoms with Crippen molar-refractivity contribution in [2.45, 2.75) is 12.5 Å². The van der Waals surface area contributed by atoms with Crippen molar-refractivity contribution < 1.29 is 14.3 Å². The molecule has 3 aromatic rings. The van der Waals surface area contributed by atoms with Gasteiger partial charge in [-0.15, -0.1) is 0 Å². The lowest BCUT2D eigenvalue weighted by Crippen LogP contribution is -2.23. The molecular weight excluding hydrogens is 328 g/mol. The molecule has 130 valence electrons. The maximum absolute atomic E-state index is 5.83. The molecular formula is C21H18N2O3. The van der Waals surface area contributed by atoms with Crippen molar-refractivity contribution in [2.24, 2.45) is 0 Å². The lowest BCUT2D eigenvalue weighted by Gasteiger charge is -2.20. The van der Waals surface area contributed by atoms with E-state index in [-0.39, 0.29) is 0 Å². The summed E-state index contributed by atoms with van der Waals surface area (Å²) in [7, 11) is 0. The summed E-state index contributed by atoms with van der Waals surface area (Å²) in [6.07, 6.45) is 5.24. The van der Waals surface area contributed by atoms with Gasteiger partial charge in [0.25, 0.3) is 0 Å². The van der Waals surface area contributed by atoms with Gasteiger partial charge in [0, 0.05) is 12.3 Å². The molecule has 1 aromatic heterocycles. The van der Waals surface area contributed by atoms with E-state index in [1.54, 1.807) is 12.4 Å². The number of rotatable bonds is 5. The Hall–Kier alpha value is -3.31. The van der Waals surface area contributed by atoms with Crippen LogP contribution in [0, 0.1) is 0 Å². The van der Waals surface area contributed by atoms with Crippen molar-refractivity contribution in [3.8, 4) is 17.2 Å². The topological polar surface area (TPSA) is 52.6 Å². The Morgan fingerprint density at radius 3 is 2.31 bits per heavy atom. The van der Waals surface area contributed by atoms with Crippen LogP contribution in [-0.2, 0) is 10.4 Å². The molecule has 0 aliphatic carbocycles. The van der Waals surface area contributed by atoms with Gasteiger partial charge in [0.05, 0.1) is 6.20 Å². The molecule has 1 atom stereocenters. The smallest absolute Gasteiger partial charge is 0.216 e. The number of aromatic nitrogens is 1. The zero-order valence-corrected chi connectivity index (χ0v) is 14.3. The first-order chi connectivity index (χ1) is 12.7. The summed E-state index contributed by atoms with van der Waals surface area (Å²) in [6, 6.07) is 21.1. The predicted octanol–water partition coefficient (Wildman–Crippen LogP) is 4.54. The molecule has 4 rings (SSSR count). The van der Waals surface area contributed by atoms with E-state index in [0.717, 1.165) is 17.1 Å². The third-order valence-electron chi connectivity index (χ3n) is 4.04. The number of hydroxylamine groups is 1. The Kier molecular flexibility index (Phi) is 4.29. The fourth-order valence-corrected chi connectivity index (χ4v) is 2.67. The molecule has 0 spiro atoms. The highest BCUT2D eigenvalue weighted by Crippen LogP contribution is 2.33. The van der Waals surface area contributed by atoms with Crippen LogP contribution < -0.4 is 15.0 Å². The van der Waals surface area contributed by atoms with Crippen molar-refractivity contribution in [3.05, 3.63) is 96.6 Å². The first kappa shape index (κ1) is 16.2. The minimum atomic E-state index is -0.636. The molecule has 5 heteroatoms. The Labute approximate surface area is 151 Å². The van der Waals surface area contributed by atoms with Crippen LogP contribution in [-0.4, -0.2) is 4.98 Å². The van der Waals surface area contributed by atoms with Crippen molar-refractivity contribution in [1.82, 2.24) is 10.5 Å². The van der Waals surface area contributed by atoms with E-state index < -0.39 is 5.60 Å². The van der Waals surface area contributed by atoms with Gasteiger partial charge in [-0.25, -0.2) is 5.48 Å². The van der Waals surface area contributed by atoms with E-state index in [0.29, 0.717) is 11.6 Å². The monoisotopic (exact) mass is 346 g/mol. The maximum atomic E-state index is 5.83. The molecule has 2 heterocycles. The Morgan fingerprint density at radius 1 is 0.846 bits per heavy atom. The summed E-state index contributed by atoms with van der Waals surface area (Å²) in [5.74, 6) is 2.75. The largest absolute Gasteiger partial charge is 0.457 e. The Balaban J connectivity index is 1.48. The molecule has 0 unspecified atom stereocenters. The molecule has 0 bridgehead atoms. The summed E-state index contributed by atoms with van der Waals surface area (Å²) in [5, 5.41) is 0. The number of benzene rings is 2. The number of hydrogen-bond acceptors (Lipinski definition) is 5. The zero-order valence-electron chi connectivity index (χ0n) is 14.3. The van der Waals surface area contributed by atoms with Crippen LogP contribution in [0.4, 0.5) is 0 Å². The molecule has 0 amide bonds. The first-order valence-electron chi connectivity index (χ1n) is 8.29. The number of para-hydroxylation sites is 1. The highest BCUT2D eigenvalue weighted by atomic mass is 16.7. The first-order valence-corrected chi connectivity index (χ1v) is 8.29. The van der Waals surface area contributed by atoms with Crippen molar-refractivity contribution >= 4 is 0 Å². The second-order valence-electron chi connectivity index (χ2n) is 6.05. The van der Waals surface area contributed by atoms with Gasteiger partial charge >= 0.3 is 0 Å². The van der Waals surface area contributed by atoms with Gasteiger partial charge in [-0.05, 0) is 48.9 Å². The molecule has 0 radical (unpaired) electrons. The number of pyridine rings is 1. The fraction of sp³-hybridized carbons (Fsp3) is 0.0952. The average molecular weight is 346 g/mol. The molecule has 5 nitrogen and oxygen atoms in total. The van der Waals surface area contributed by atoms with Crippen LogP contribution >= 0.6 is 0 Å². The van der Waals surface area contributed by atoms with Gasteiger partial charge in [0.15, 0.2) is 0 Å². The van der Waals surface area contributed by atoms with Crippen LogP contribution in [0.1, 0.15) is 12.5 Å². The lowest BCUT2D eigenvalue weighted by atomic mass is 9.96. The van der Waals surface area contributed by atoms with Crippen molar-refractivity contribution in [2.75, 3.05) is 0 Å². The van der Waals surface area contributed by atoms with Crippen LogP contribution in [0.3, 0.4) is 0 Å². The van der Waals surface area contributed by atoms with E-state index >= 15 is 0 Å². The van der Waals surface area contributed by atoms with Gasteiger partial charge < -0.3 is 9.47 Å². The number of nitrogens with zero attached hydrogens (tertiary/aromatic N) is 1. The Morgan fingerprint density at radius 2 is 1.58 bits per heavy atom. The van der Waals surface area contributed by atoms with Gasteiger partial charge in [-0.2, -0.15) is 0 Å². The minimum absolute atomic E-state index is 0.533. The minimum Gasteiger partial charge on any atom is -0.457 e. The highest BCUT2D eigenvalue weighted by molar-refractivity contribution is 5.37. The van der Waals surface area contributed by atoms with Crippen molar-refractivity contribution in [3.63, 3.8) is 0 Å². The summed E-state index contributed by atoms with van der Waals surface area (Å²) in [5.41, 5.74) is 3.17. The molecule has 0 saturated heterocycles. The van der Waals surface area contributed by atoms with E-state index in [9.17, 15) is 0 Å². The van der Waals surface area contributed by atoms with E-state index in [1.807, 2.05) is 79.7 Å². The SMILES string of the molecule is C[C@@]1(c2ccc(Oc3ccccc3)cc2)C=C(Oc2cccnc2)NO1. The van der Waals surface area contributed by atoms with E-state index in [1.165, 1.54) is 0 Å². The van der Waals surface area contributed by atoms with Gasteiger partial charge in [-0.1, -0.05) is 30.3 Å². The Bertz CT molecular complexity index is 896. The zero-order chi connectivity index (χ0) is 17.8. The molecule has 26 heavy (non-hydrogen) atoms. The third kappa shape index (κ3) is 3.53. The summed E-state index contributed by atoms with van der Waals surface area (Å²) >= 11 is 0. The number of ether oxygens (including phenoxy) is 2.